The fraction of sp³-hybridized carbons (Fsp3) is 0.364. The molecule has 0 spiro atoms. The van der Waals surface area contributed by atoms with Crippen LogP contribution in [0.5, 0.6) is 5.75 Å². The number of non-ortho nitro benzene ring substituents is 1. The smallest absolute Gasteiger partial charge is 0.269 e. The average molecular weight is 263 g/mol. The van der Waals surface area contributed by atoms with Crippen molar-refractivity contribution in [2.45, 2.75) is 26.5 Å². The number of aryl methyl sites for hydroxylation is 1. The Kier molecular flexibility index (Phi) is 4.01. The second kappa shape index (κ2) is 5.89. The number of hydrogen-bond acceptors (Lipinski definition) is 6. The molecule has 1 aromatic heterocycles. The molecule has 0 saturated heterocycles. The Morgan fingerprint density at radius 1 is 1.37 bits per heavy atom. The zero-order chi connectivity index (χ0) is 13.7. The highest BCUT2D eigenvalue weighted by Gasteiger charge is 2.07. The van der Waals surface area contributed by atoms with Crippen molar-refractivity contribution in [1.82, 2.24) is 20.2 Å². The number of rotatable bonds is 6. The Labute approximate surface area is 109 Å². The van der Waals surface area contributed by atoms with E-state index in [2.05, 4.69) is 15.5 Å². The van der Waals surface area contributed by atoms with Gasteiger partial charge in [0.2, 0.25) is 0 Å². The zero-order valence-corrected chi connectivity index (χ0v) is 10.4. The second-order valence-electron chi connectivity index (χ2n) is 3.86. The van der Waals surface area contributed by atoms with Gasteiger partial charge in [0.15, 0.2) is 5.82 Å². The molecule has 0 aliphatic carbocycles. The summed E-state index contributed by atoms with van der Waals surface area (Å²) in [4.78, 5) is 10.1. The van der Waals surface area contributed by atoms with Crippen LogP contribution in [0.3, 0.4) is 0 Å². The molecule has 0 aliphatic heterocycles. The molecule has 0 unspecified atom stereocenters. The largest absolute Gasteiger partial charge is 0.486 e. The number of hydrogen-bond donors (Lipinski definition) is 0. The van der Waals surface area contributed by atoms with Crippen molar-refractivity contribution in [3.05, 3.63) is 40.2 Å². The summed E-state index contributed by atoms with van der Waals surface area (Å²) in [5.41, 5.74) is 0.0307. The van der Waals surface area contributed by atoms with Crippen molar-refractivity contribution in [2.75, 3.05) is 0 Å². The molecule has 0 atom stereocenters. The Morgan fingerprint density at radius 3 is 2.74 bits per heavy atom. The second-order valence-corrected chi connectivity index (χ2v) is 3.86. The molecule has 0 saturated carbocycles. The zero-order valence-electron chi connectivity index (χ0n) is 10.4. The third-order valence-corrected chi connectivity index (χ3v) is 2.46. The van der Waals surface area contributed by atoms with Crippen LogP contribution in [0.25, 0.3) is 0 Å². The van der Waals surface area contributed by atoms with Gasteiger partial charge >= 0.3 is 0 Å². The summed E-state index contributed by atoms with van der Waals surface area (Å²) in [6.07, 6.45) is 0.926. The van der Waals surface area contributed by atoms with Gasteiger partial charge in [0, 0.05) is 18.7 Å². The van der Waals surface area contributed by atoms with Crippen LogP contribution < -0.4 is 4.74 Å². The monoisotopic (exact) mass is 263 g/mol. The average Bonchev–Trinajstić information content (AvgIpc) is 2.85. The van der Waals surface area contributed by atoms with Crippen LogP contribution in [0.15, 0.2) is 24.3 Å². The molecule has 1 heterocycles. The third kappa shape index (κ3) is 3.24. The van der Waals surface area contributed by atoms with E-state index in [4.69, 9.17) is 4.74 Å². The van der Waals surface area contributed by atoms with Gasteiger partial charge < -0.3 is 4.74 Å². The lowest BCUT2D eigenvalue weighted by molar-refractivity contribution is -0.384. The van der Waals surface area contributed by atoms with E-state index < -0.39 is 4.92 Å². The number of ether oxygens (including phenoxy) is 1. The first kappa shape index (κ1) is 12.9. The van der Waals surface area contributed by atoms with E-state index >= 15 is 0 Å². The first-order valence-corrected chi connectivity index (χ1v) is 5.83. The maximum Gasteiger partial charge on any atom is 0.269 e. The van der Waals surface area contributed by atoms with Crippen LogP contribution >= 0.6 is 0 Å². The van der Waals surface area contributed by atoms with E-state index in [9.17, 15) is 10.1 Å². The molecule has 8 nitrogen and oxygen atoms in total. The van der Waals surface area contributed by atoms with E-state index in [1.165, 1.54) is 12.1 Å². The molecule has 2 rings (SSSR count). The van der Waals surface area contributed by atoms with Crippen LogP contribution in [-0.2, 0) is 13.2 Å². The molecule has 0 radical (unpaired) electrons. The molecule has 0 N–H and O–H groups in total. The van der Waals surface area contributed by atoms with Crippen LogP contribution in [0.4, 0.5) is 5.69 Å². The van der Waals surface area contributed by atoms with Gasteiger partial charge in [-0.15, -0.1) is 5.10 Å². The van der Waals surface area contributed by atoms with Crippen molar-refractivity contribution in [3.63, 3.8) is 0 Å². The fourth-order valence-electron chi connectivity index (χ4n) is 1.52. The third-order valence-electron chi connectivity index (χ3n) is 2.46. The lowest BCUT2D eigenvalue weighted by Crippen LogP contribution is -2.08. The molecule has 0 bridgehead atoms. The number of tetrazole rings is 1. The Hall–Kier alpha value is -2.51. The van der Waals surface area contributed by atoms with Crippen molar-refractivity contribution in [1.29, 1.82) is 0 Å². The van der Waals surface area contributed by atoms with Gasteiger partial charge in [-0.2, -0.15) is 0 Å². The molecular weight excluding hydrogens is 250 g/mol. The van der Waals surface area contributed by atoms with Gasteiger partial charge in [-0.3, -0.25) is 10.1 Å². The summed E-state index contributed by atoms with van der Waals surface area (Å²) in [6, 6.07) is 5.88. The van der Waals surface area contributed by atoms with Gasteiger partial charge in [0.1, 0.15) is 12.4 Å². The van der Waals surface area contributed by atoms with Gasteiger partial charge in [0.25, 0.3) is 5.69 Å². The summed E-state index contributed by atoms with van der Waals surface area (Å²) < 4.78 is 7.16. The number of nitrogens with zero attached hydrogens (tertiary/aromatic N) is 5. The normalized spacial score (nSPS) is 10.4. The predicted molar refractivity (Wildman–Crippen MR) is 65.5 cm³/mol. The van der Waals surface area contributed by atoms with E-state index in [1.807, 2.05) is 6.92 Å². The molecule has 8 heteroatoms. The molecule has 100 valence electrons. The number of benzene rings is 1. The van der Waals surface area contributed by atoms with Crippen LogP contribution in [0, 0.1) is 10.1 Å². The van der Waals surface area contributed by atoms with Crippen LogP contribution in [0.2, 0.25) is 0 Å². The lowest BCUT2D eigenvalue weighted by atomic mass is 10.3. The molecular formula is C11H13N5O3. The van der Waals surface area contributed by atoms with Crippen molar-refractivity contribution in [3.8, 4) is 5.75 Å². The Morgan fingerprint density at radius 2 is 2.11 bits per heavy atom. The van der Waals surface area contributed by atoms with Gasteiger partial charge in [-0.1, -0.05) is 6.92 Å². The van der Waals surface area contributed by atoms with E-state index in [0.717, 1.165) is 13.0 Å². The molecule has 19 heavy (non-hydrogen) atoms. The molecule has 0 aliphatic rings. The molecule has 2 aromatic rings. The topological polar surface area (TPSA) is 96.0 Å². The highest BCUT2D eigenvalue weighted by Crippen LogP contribution is 2.17. The Bertz CT molecular complexity index is 552. The summed E-state index contributed by atoms with van der Waals surface area (Å²) in [5, 5.41) is 21.8. The van der Waals surface area contributed by atoms with E-state index in [1.54, 1.807) is 16.8 Å². The first-order chi connectivity index (χ1) is 9.20. The number of nitro benzene ring substituents is 1. The van der Waals surface area contributed by atoms with E-state index in [-0.39, 0.29) is 12.3 Å². The minimum atomic E-state index is -0.453. The quantitative estimate of drug-likeness (QED) is 0.579. The number of aromatic nitrogens is 4. The van der Waals surface area contributed by atoms with Gasteiger partial charge in [-0.25, -0.2) is 4.68 Å². The van der Waals surface area contributed by atoms with Crippen molar-refractivity contribution >= 4 is 5.69 Å². The van der Waals surface area contributed by atoms with Crippen molar-refractivity contribution < 1.29 is 9.66 Å². The van der Waals surface area contributed by atoms with Gasteiger partial charge in [0.05, 0.1) is 4.92 Å². The molecule has 0 amide bonds. The van der Waals surface area contributed by atoms with Crippen molar-refractivity contribution in [2.24, 2.45) is 0 Å². The SMILES string of the molecule is CCCn1nnnc1COc1ccc([N+](=O)[O-])cc1. The summed E-state index contributed by atoms with van der Waals surface area (Å²) >= 11 is 0. The maximum atomic E-state index is 10.5. The van der Waals surface area contributed by atoms with Crippen LogP contribution in [-0.4, -0.2) is 25.1 Å². The first-order valence-electron chi connectivity index (χ1n) is 5.83. The van der Waals surface area contributed by atoms with E-state index in [0.29, 0.717) is 11.6 Å². The maximum absolute atomic E-state index is 10.5. The fourth-order valence-corrected chi connectivity index (χ4v) is 1.52. The minimum Gasteiger partial charge on any atom is -0.486 e. The minimum absolute atomic E-state index is 0.0307. The van der Waals surface area contributed by atoms with Gasteiger partial charge in [-0.05, 0) is 29.0 Å². The highest BCUT2D eigenvalue weighted by molar-refractivity contribution is 5.35. The molecule has 1 aromatic carbocycles. The summed E-state index contributed by atoms with van der Waals surface area (Å²) in [6.45, 7) is 2.99. The predicted octanol–water partition coefficient (Wildman–Crippen LogP) is 1.57. The molecule has 0 fully saturated rings. The lowest BCUT2D eigenvalue weighted by Gasteiger charge is -2.05. The highest BCUT2D eigenvalue weighted by atomic mass is 16.6. The standard InChI is InChI=1S/C11H13N5O3/c1-2-7-15-11(12-13-14-15)8-19-10-5-3-9(4-6-10)16(17)18/h3-6H,2,7-8H2,1H3. The van der Waals surface area contributed by atoms with Crippen LogP contribution in [0.1, 0.15) is 19.2 Å². The number of nitro groups is 1. The Balaban J connectivity index is 1.98. The summed E-state index contributed by atoms with van der Waals surface area (Å²) in [5.74, 6) is 1.16. The summed E-state index contributed by atoms with van der Waals surface area (Å²) in [7, 11) is 0.